The van der Waals surface area contributed by atoms with Gasteiger partial charge in [0, 0.05) is 24.1 Å². The van der Waals surface area contributed by atoms with Gasteiger partial charge < -0.3 is 14.8 Å². The average molecular weight is 249 g/mol. The Balaban J connectivity index is 2.35. The van der Waals surface area contributed by atoms with Crippen LogP contribution in [0.3, 0.4) is 0 Å². The molecule has 1 aliphatic rings. The molecule has 0 bridgehead atoms. The van der Waals surface area contributed by atoms with Crippen molar-refractivity contribution in [2.75, 3.05) is 13.7 Å². The lowest BCUT2D eigenvalue weighted by Crippen LogP contribution is -2.40. The molecule has 0 amide bonds. The molecule has 0 spiro atoms. The Hall–Kier alpha value is -1.22. The Bertz CT molecular complexity index is 419. The van der Waals surface area contributed by atoms with Crippen LogP contribution in [-0.2, 0) is 0 Å². The highest BCUT2D eigenvalue weighted by Gasteiger charge is 2.35. The quantitative estimate of drug-likeness (QED) is 0.888. The predicted octanol–water partition coefficient (Wildman–Crippen LogP) is 3.30. The fraction of sp³-hybridized carbons (Fsp3) is 0.600. The summed E-state index contributed by atoms with van der Waals surface area (Å²) in [6, 6.07) is 6.49. The van der Waals surface area contributed by atoms with Crippen molar-refractivity contribution in [1.29, 1.82) is 0 Å². The third-order valence-corrected chi connectivity index (χ3v) is 3.76. The molecule has 1 heterocycles. The minimum absolute atomic E-state index is 0.0918. The summed E-state index contributed by atoms with van der Waals surface area (Å²) in [5, 5.41) is 3.38. The number of ether oxygens (including phenoxy) is 2. The number of fused-ring (bicyclic) bond motifs is 1. The van der Waals surface area contributed by atoms with E-state index in [0.29, 0.717) is 12.6 Å². The number of rotatable bonds is 4. The lowest BCUT2D eigenvalue weighted by Gasteiger charge is -2.39. The Morgan fingerprint density at radius 2 is 2.22 bits per heavy atom. The first-order valence-corrected chi connectivity index (χ1v) is 6.75. The van der Waals surface area contributed by atoms with E-state index in [9.17, 15) is 0 Å². The highest BCUT2D eigenvalue weighted by atomic mass is 16.5. The van der Waals surface area contributed by atoms with E-state index in [1.807, 2.05) is 26.1 Å². The van der Waals surface area contributed by atoms with Crippen molar-refractivity contribution in [3.8, 4) is 11.5 Å². The minimum Gasteiger partial charge on any atom is -0.494 e. The van der Waals surface area contributed by atoms with Gasteiger partial charge >= 0.3 is 0 Å². The lowest BCUT2D eigenvalue weighted by molar-refractivity contribution is 0.0452. The largest absolute Gasteiger partial charge is 0.494 e. The zero-order valence-electron chi connectivity index (χ0n) is 11.7. The summed E-state index contributed by atoms with van der Waals surface area (Å²) >= 11 is 0. The topological polar surface area (TPSA) is 30.5 Å². The van der Waals surface area contributed by atoms with Crippen LogP contribution < -0.4 is 14.8 Å². The molecule has 0 aromatic heterocycles. The van der Waals surface area contributed by atoms with Crippen molar-refractivity contribution in [2.45, 2.75) is 45.3 Å². The summed E-state index contributed by atoms with van der Waals surface area (Å²) in [4.78, 5) is 0. The summed E-state index contributed by atoms with van der Waals surface area (Å²) in [6.07, 6.45) is 2.00. The van der Waals surface area contributed by atoms with Gasteiger partial charge in [0.05, 0.1) is 6.61 Å². The zero-order valence-corrected chi connectivity index (χ0v) is 11.7. The summed E-state index contributed by atoms with van der Waals surface area (Å²) in [5.41, 5.74) is 1.14. The Morgan fingerprint density at radius 1 is 1.44 bits per heavy atom. The Morgan fingerprint density at radius 3 is 2.83 bits per heavy atom. The summed E-state index contributed by atoms with van der Waals surface area (Å²) in [7, 11) is 2.01. The number of nitrogens with one attached hydrogen (secondary N) is 1. The van der Waals surface area contributed by atoms with E-state index in [1.165, 1.54) is 5.56 Å². The van der Waals surface area contributed by atoms with Crippen LogP contribution in [0.15, 0.2) is 18.2 Å². The molecule has 1 N–H and O–H groups in total. The van der Waals surface area contributed by atoms with E-state index in [4.69, 9.17) is 9.47 Å². The van der Waals surface area contributed by atoms with Gasteiger partial charge in [0.25, 0.3) is 0 Å². The molecule has 1 aromatic rings. The second-order valence-electron chi connectivity index (χ2n) is 5.08. The monoisotopic (exact) mass is 249 g/mol. The van der Waals surface area contributed by atoms with Crippen LogP contribution >= 0.6 is 0 Å². The number of benzene rings is 1. The van der Waals surface area contributed by atoms with Crippen LogP contribution in [-0.4, -0.2) is 19.3 Å². The lowest BCUT2D eigenvalue weighted by atomic mass is 9.87. The van der Waals surface area contributed by atoms with E-state index >= 15 is 0 Å². The molecular formula is C15H23NO2. The van der Waals surface area contributed by atoms with Crippen molar-refractivity contribution >= 4 is 0 Å². The van der Waals surface area contributed by atoms with Gasteiger partial charge in [-0.2, -0.15) is 0 Å². The zero-order chi connectivity index (χ0) is 13.2. The fourth-order valence-corrected chi connectivity index (χ4v) is 2.47. The van der Waals surface area contributed by atoms with Gasteiger partial charge in [-0.05, 0) is 33.4 Å². The maximum atomic E-state index is 6.17. The third kappa shape index (κ3) is 2.46. The van der Waals surface area contributed by atoms with Gasteiger partial charge in [-0.3, -0.25) is 0 Å². The molecule has 0 radical (unpaired) electrons. The average Bonchev–Trinajstić information content (AvgIpc) is 2.38. The van der Waals surface area contributed by atoms with Crippen molar-refractivity contribution < 1.29 is 9.47 Å². The molecule has 3 heteroatoms. The molecule has 0 fully saturated rings. The van der Waals surface area contributed by atoms with Crippen molar-refractivity contribution in [3.05, 3.63) is 23.8 Å². The highest BCUT2D eigenvalue weighted by molar-refractivity contribution is 5.44. The van der Waals surface area contributed by atoms with E-state index in [1.54, 1.807) is 0 Å². The molecule has 0 aliphatic carbocycles. The molecule has 3 nitrogen and oxygen atoms in total. The van der Waals surface area contributed by atoms with E-state index in [2.05, 4.69) is 25.2 Å². The van der Waals surface area contributed by atoms with Gasteiger partial charge in [0.2, 0.25) is 0 Å². The molecule has 0 saturated carbocycles. The van der Waals surface area contributed by atoms with Gasteiger partial charge in [0.15, 0.2) is 0 Å². The molecule has 2 rings (SSSR count). The molecular weight excluding hydrogens is 226 g/mol. The van der Waals surface area contributed by atoms with Crippen molar-refractivity contribution in [1.82, 2.24) is 5.32 Å². The first kappa shape index (κ1) is 13.2. The molecule has 100 valence electrons. The first-order chi connectivity index (χ1) is 8.61. The highest BCUT2D eigenvalue weighted by Crippen LogP contribution is 2.42. The standard InChI is InChI=1S/C15H23NO2/c1-5-15(3)10-13(16-4)12-8-7-11(17-6-2)9-14(12)18-15/h7-9,13,16H,5-6,10H2,1-4H3. The maximum absolute atomic E-state index is 6.17. The van der Waals surface area contributed by atoms with Gasteiger partial charge in [0.1, 0.15) is 17.1 Å². The molecule has 18 heavy (non-hydrogen) atoms. The van der Waals surface area contributed by atoms with Crippen LogP contribution in [0.5, 0.6) is 11.5 Å². The molecule has 0 saturated heterocycles. The molecule has 2 unspecified atom stereocenters. The van der Waals surface area contributed by atoms with Crippen LogP contribution in [0, 0.1) is 0 Å². The van der Waals surface area contributed by atoms with E-state index in [-0.39, 0.29) is 5.60 Å². The molecule has 2 atom stereocenters. The number of hydrogen-bond donors (Lipinski definition) is 1. The molecule has 1 aromatic carbocycles. The van der Waals surface area contributed by atoms with Crippen LogP contribution in [0.4, 0.5) is 0 Å². The minimum atomic E-state index is -0.0918. The van der Waals surface area contributed by atoms with Crippen LogP contribution in [0.2, 0.25) is 0 Å². The predicted molar refractivity (Wildman–Crippen MR) is 73.4 cm³/mol. The smallest absolute Gasteiger partial charge is 0.128 e. The van der Waals surface area contributed by atoms with Gasteiger partial charge in [-0.15, -0.1) is 0 Å². The Labute approximate surface area is 109 Å². The number of hydrogen-bond acceptors (Lipinski definition) is 3. The van der Waals surface area contributed by atoms with Gasteiger partial charge in [-0.1, -0.05) is 13.0 Å². The second-order valence-corrected chi connectivity index (χ2v) is 5.08. The normalized spacial score (nSPS) is 26.3. The Kier molecular flexibility index (Phi) is 3.81. The van der Waals surface area contributed by atoms with Crippen LogP contribution in [0.25, 0.3) is 0 Å². The van der Waals surface area contributed by atoms with Crippen molar-refractivity contribution in [2.24, 2.45) is 0 Å². The third-order valence-electron chi connectivity index (χ3n) is 3.76. The van der Waals surface area contributed by atoms with Gasteiger partial charge in [-0.25, -0.2) is 0 Å². The summed E-state index contributed by atoms with van der Waals surface area (Å²) in [5.74, 6) is 1.84. The SMILES string of the molecule is CCOc1ccc2c(c1)OC(C)(CC)CC2NC. The molecule has 1 aliphatic heterocycles. The van der Waals surface area contributed by atoms with Crippen molar-refractivity contribution in [3.63, 3.8) is 0 Å². The second kappa shape index (κ2) is 5.19. The van der Waals surface area contributed by atoms with Crippen LogP contribution in [0.1, 0.15) is 45.2 Å². The summed E-state index contributed by atoms with van der Waals surface area (Å²) < 4.78 is 11.7. The summed E-state index contributed by atoms with van der Waals surface area (Å²) in [6.45, 7) is 7.02. The van der Waals surface area contributed by atoms with E-state index in [0.717, 1.165) is 24.3 Å². The first-order valence-electron chi connectivity index (χ1n) is 6.75. The maximum Gasteiger partial charge on any atom is 0.128 e. The van der Waals surface area contributed by atoms with E-state index < -0.39 is 0 Å². The fourth-order valence-electron chi connectivity index (χ4n) is 2.47.